The molecule has 26 heavy (non-hydrogen) atoms. The van der Waals surface area contributed by atoms with Crippen molar-refractivity contribution in [2.45, 2.75) is 6.92 Å². The van der Waals surface area contributed by atoms with E-state index in [0.717, 1.165) is 5.56 Å². The lowest BCUT2D eigenvalue weighted by molar-refractivity contribution is 0.102. The van der Waals surface area contributed by atoms with E-state index < -0.39 is 5.91 Å². The summed E-state index contributed by atoms with van der Waals surface area (Å²) >= 11 is 6.05. The molecule has 3 rings (SSSR count). The van der Waals surface area contributed by atoms with Crippen molar-refractivity contribution in [3.05, 3.63) is 88.7 Å². The molecular weight excluding hydrogens is 350 g/mol. The summed E-state index contributed by atoms with van der Waals surface area (Å²) in [6.45, 7) is 1.94. The van der Waals surface area contributed by atoms with Gasteiger partial charge in [0, 0.05) is 18.1 Å². The number of hydrogen-bond acceptors (Lipinski definition) is 3. The zero-order valence-corrected chi connectivity index (χ0v) is 14.7. The number of nitrogens with one attached hydrogen (secondary N) is 2. The number of anilines is 2. The van der Waals surface area contributed by atoms with E-state index in [4.69, 9.17) is 11.6 Å². The van der Waals surface area contributed by atoms with E-state index in [2.05, 4.69) is 15.6 Å². The molecule has 0 atom stereocenters. The van der Waals surface area contributed by atoms with Gasteiger partial charge in [-0.1, -0.05) is 35.9 Å². The van der Waals surface area contributed by atoms with E-state index in [1.165, 1.54) is 18.5 Å². The number of hydrogen-bond donors (Lipinski definition) is 2. The SMILES string of the molecule is Cc1cccc(NC(=O)c2cncc(C(=O)Nc3ccccc3Cl)c2)c1. The smallest absolute Gasteiger partial charge is 0.257 e. The maximum Gasteiger partial charge on any atom is 0.257 e. The van der Waals surface area contributed by atoms with Crippen LogP contribution in [0.2, 0.25) is 5.02 Å². The van der Waals surface area contributed by atoms with Gasteiger partial charge in [-0.2, -0.15) is 0 Å². The molecule has 0 saturated heterocycles. The topological polar surface area (TPSA) is 71.1 Å². The molecule has 3 aromatic rings. The minimum atomic E-state index is -0.393. The van der Waals surface area contributed by atoms with Crippen molar-refractivity contribution in [1.82, 2.24) is 4.98 Å². The molecule has 0 bridgehead atoms. The summed E-state index contributed by atoms with van der Waals surface area (Å²) in [4.78, 5) is 28.8. The van der Waals surface area contributed by atoms with Crippen LogP contribution in [0.4, 0.5) is 11.4 Å². The van der Waals surface area contributed by atoms with Crippen LogP contribution in [0.1, 0.15) is 26.3 Å². The van der Waals surface area contributed by atoms with Crippen LogP contribution in [0.3, 0.4) is 0 Å². The van der Waals surface area contributed by atoms with Gasteiger partial charge >= 0.3 is 0 Å². The molecular formula is C20H16ClN3O2. The average Bonchev–Trinajstić information content (AvgIpc) is 2.63. The molecule has 5 nitrogen and oxygen atoms in total. The number of benzene rings is 2. The molecule has 0 unspecified atom stereocenters. The Balaban J connectivity index is 1.76. The quantitative estimate of drug-likeness (QED) is 0.712. The van der Waals surface area contributed by atoms with E-state index in [1.54, 1.807) is 30.3 Å². The van der Waals surface area contributed by atoms with Crippen molar-refractivity contribution in [2.24, 2.45) is 0 Å². The van der Waals surface area contributed by atoms with Crippen LogP contribution in [0.5, 0.6) is 0 Å². The first-order valence-electron chi connectivity index (χ1n) is 7.92. The molecule has 1 aromatic heterocycles. The number of amides is 2. The summed E-state index contributed by atoms with van der Waals surface area (Å²) < 4.78 is 0. The fourth-order valence-electron chi connectivity index (χ4n) is 2.37. The molecule has 0 aliphatic rings. The number of para-hydroxylation sites is 1. The highest BCUT2D eigenvalue weighted by Crippen LogP contribution is 2.21. The summed E-state index contributed by atoms with van der Waals surface area (Å²) in [5.74, 6) is -0.730. The monoisotopic (exact) mass is 365 g/mol. The third-order valence-electron chi connectivity index (χ3n) is 3.66. The predicted molar refractivity (Wildman–Crippen MR) is 103 cm³/mol. The number of carbonyl (C=O) groups excluding carboxylic acids is 2. The van der Waals surface area contributed by atoms with Crippen LogP contribution in [-0.4, -0.2) is 16.8 Å². The van der Waals surface area contributed by atoms with Crippen molar-refractivity contribution in [2.75, 3.05) is 10.6 Å². The van der Waals surface area contributed by atoms with E-state index in [9.17, 15) is 9.59 Å². The largest absolute Gasteiger partial charge is 0.322 e. The van der Waals surface area contributed by atoms with Crippen molar-refractivity contribution >= 4 is 34.8 Å². The Hall–Kier alpha value is -3.18. The summed E-state index contributed by atoms with van der Waals surface area (Å²) in [6.07, 6.45) is 2.81. The molecule has 1 heterocycles. The maximum absolute atomic E-state index is 12.4. The third kappa shape index (κ3) is 4.26. The number of nitrogens with zero attached hydrogens (tertiary/aromatic N) is 1. The number of aromatic nitrogens is 1. The standard InChI is InChI=1S/C20H16ClN3O2/c1-13-5-4-6-16(9-13)23-19(25)14-10-15(12-22-11-14)20(26)24-18-8-3-2-7-17(18)21/h2-12H,1H3,(H,23,25)(H,24,26). The van der Waals surface area contributed by atoms with Gasteiger partial charge in [-0.25, -0.2) is 0 Å². The molecule has 6 heteroatoms. The van der Waals surface area contributed by atoms with Gasteiger partial charge in [-0.3, -0.25) is 14.6 Å². The normalized spacial score (nSPS) is 10.2. The van der Waals surface area contributed by atoms with Gasteiger partial charge in [-0.15, -0.1) is 0 Å². The van der Waals surface area contributed by atoms with Gasteiger partial charge in [0.25, 0.3) is 11.8 Å². The van der Waals surface area contributed by atoms with Crippen molar-refractivity contribution < 1.29 is 9.59 Å². The lowest BCUT2D eigenvalue weighted by Crippen LogP contribution is -2.16. The second-order valence-electron chi connectivity index (χ2n) is 5.72. The highest BCUT2D eigenvalue weighted by atomic mass is 35.5. The Kier molecular flexibility index (Phi) is 5.29. The molecule has 0 fully saturated rings. The lowest BCUT2D eigenvalue weighted by Gasteiger charge is -2.09. The molecule has 2 amide bonds. The van der Waals surface area contributed by atoms with Crippen LogP contribution >= 0.6 is 11.6 Å². The van der Waals surface area contributed by atoms with Crippen LogP contribution in [0, 0.1) is 6.92 Å². The summed E-state index contributed by atoms with van der Waals surface area (Å²) in [6, 6.07) is 15.9. The molecule has 2 N–H and O–H groups in total. The van der Waals surface area contributed by atoms with Crippen LogP contribution in [0.15, 0.2) is 67.0 Å². The predicted octanol–water partition coefficient (Wildman–Crippen LogP) is 4.55. The summed E-state index contributed by atoms with van der Waals surface area (Å²) in [5, 5.41) is 5.93. The van der Waals surface area contributed by atoms with Crippen LogP contribution in [-0.2, 0) is 0 Å². The minimum absolute atomic E-state index is 0.266. The summed E-state index contributed by atoms with van der Waals surface area (Å²) in [7, 11) is 0. The Morgan fingerprint density at radius 1 is 0.885 bits per heavy atom. The first kappa shape index (κ1) is 17.6. The average molecular weight is 366 g/mol. The molecule has 0 radical (unpaired) electrons. The Morgan fingerprint density at radius 2 is 1.58 bits per heavy atom. The number of aryl methyl sites for hydroxylation is 1. The highest BCUT2D eigenvalue weighted by Gasteiger charge is 2.13. The second-order valence-corrected chi connectivity index (χ2v) is 6.13. The summed E-state index contributed by atoms with van der Waals surface area (Å²) in [5.41, 5.74) is 2.77. The fourth-order valence-corrected chi connectivity index (χ4v) is 2.55. The third-order valence-corrected chi connectivity index (χ3v) is 3.99. The van der Waals surface area contributed by atoms with E-state index in [-0.39, 0.29) is 11.5 Å². The number of rotatable bonds is 4. The number of halogens is 1. The van der Waals surface area contributed by atoms with E-state index in [1.807, 2.05) is 25.1 Å². The molecule has 0 aliphatic carbocycles. The van der Waals surface area contributed by atoms with Crippen molar-refractivity contribution in [3.8, 4) is 0 Å². The van der Waals surface area contributed by atoms with E-state index in [0.29, 0.717) is 22.0 Å². The van der Waals surface area contributed by atoms with Crippen molar-refractivity contribution in [1.29, 1.82) is 0 Å². The number of pyridine rings is 1. The first-order valence-corrected chi connectivity index (χ1v) is 8.30. The van der Waals surface area contributed by atoms with Gasteiger partial charge in [0.2, 0.25) is 0 Å². The van der Waals surface area contributed by atoms with Crippen molar-refractivity contribution in [3.63, 3.8) is 0 Å². The Labute approximate surface area is 156 Å². The molecule has 0 spiro atoms. The zero-order chi connectivity index (χ0) is 18.5. The molecule has 0 saturated carbocycles. The zero-order valence-electron chi connectivity index (χ0n) is 14.0. The molecule has 130 valence electrons. The van der Waals surface area contributed by atoms with Gasteiger partial charge in [0.05, 0.1) is 21.8 Å². The number of carbonyl (C=O) groups is 2. The molecule has 2 aromatic carbocycles. The van der Waals surface area contributed by atoms with Crippen LogP contribution in [0.25, 0.3) is 0 Å². The maximum atomic E-state index is 12.4. The Morgan fingerprint density at radius 3 is 2.27 bits per heavy atom. The second kappa shape index (κ2) is 7.80. The van der Waals surface area contributed by atoms with Gasteiger partial charge in [-0.05, 0) is 42.8 Å². The van der Waals surface area contributed by atoms with Gasteiger partial charge in [0.1, 0.15) is 0 Å². The molecule has 0 aliphatic heterocycles. The Bertz CT molecular complexity index is 973. The fraction of sp³-hybridized carbons (Fsp3) is 0.0500. The first-order chi connectivity index (χ1) is 12.5. The van der Waals surface area contributed by atoms with Crippen LogP contribution < -0.4 is 10.6 Å². The highest BCUT2D eigenvalue weighted by molar-refractivity contribution is 6.33. The van der Waals surface area contributed by atoms with Gasteiger partial charge < -0.3 is 10.6 Å². The minimum Gasteiger partial charge on any atom is -0.322 e. The van der Waals surface area contributed by atoms with E-state index >= 15 is 0 Å². The lowest BCUT2D eigenvalue weighted by atomic mass is 10.1. The van der Waals surface area contributed by atoms with Gasteiger partial charge in [0.15, 0.2) is 0 Å².